The minimum absolute atomic E-state index is 0.346. The van der Waals surface area contributed by atoms with E-state index < -0.39 is 0 Å². The summed E-state index contributed by atoms with van der Waals surface area (Å²) in [6.07, 6.45) is 6.91. The van der Waals surface area contributed by atoms with Gasteiger partial charge in [-0.05, 0) is 57.9 Å². The first-order valence-electron chi connectivity index (χ1n) is 6.61. The number of nitrogens with two attached hydrogens (primary N) is 1. The predicted octanol–water partition coefficient (Wildman–Crippen LogP) is 2.09. The molecule has 1 aliphatic heterocycles. The van der Waals surface area contributed by atoms with Gasteiger partial charge in [-0.25, -0.2) is 0 Å². The first-order valence-corrected chi connectivity index (χ1v) is 6.61. The third kappa shape index (κ3) is 3.19. The van der Waals surface area contributed by atoms with Crippen molar-refractivity contribution in [2.75, 3.05) is 13.2 Å². The largest absolute Gasteiger partial charge is 0.377 e. The van der Waals surface area contributed by atoms with Gasteiger partial charge in [0.15, 0.2) is 0 Å². The highest BCUT2D eigenvalue weighted by molar-refractivity contribution is 4.93. The van der Waals surface area contributed by atoms with E-state index in [0.29, 0.717) is 23.7 Å². The summed E-state index contributed by atoms with van der Waals surface area (Å²) in [5, 5.41) is 0. The fourth-order valence-electron chi connectivity index (χ4n) is 2.72. The fourth-order valence-corrected chi connectivity index (χ4v) is 2.72. The van der Waals surface area contributed by atoms with E-state index in [1.807, 2.05) is 0 Å². The van der Waals surface area contributed by atoms with Crippen LogP contribution < -0.4 is 5.73 Å². The lowest BCUT2D eigenvalue weighted by molar-refractivity contribution is -0.109. The van der Waals surface area contributed by atoms with E-state index in [0.717, 1.165) is 32.4 Å². The molecule has 2 aliphatic rings. The first-order chi connectivity index (χ1) is 7.63. The average Bonchev–Trinajstić information content (AvgIpc) is 2.95. The Morgan fingerprint density at radius 2 is 1.88 bits per heavy atom. The number of ether oxygens (including phenoxy) is 2. The molecule has 0 bridgehead atoms. The molecule has 0 aromatic heterocycles. The van der Waals surface area contributed by atoms with E-state index in [4.69, 9.17) is 15.2 Å². The Kier molecular flexibility index (Phi) is 3.88. The van der Waals surface area contributed by atoms with Crippen molar-refractivity contribution in [1.82, 2.24) is 0 Å². The summed E-state index contributed by atoms with van der Waals surface area (Å²) < 4.78 is 11.8. The van der Waals surface area contributed by atoms with Crippen LogP contribution in [0.1, 0.15) is 46.0 Å². The number of hydrogen-bond donors (Lipinski definition) is 1. The first kappa shape index (κ1) is 12.3. The van der Waals surface area contributed by atoms with Crippen molar-refractivity contribution in [3.05, 3.63) is 0 Å². The maximum Gasteiger partial charge on any atom is 0.0624 e. The van der Waals surface area contributed by atoms with E-state index in [1.165, 1.54) is 12.8 Å². The van der Waals surface area contributed by atoms with Crippen LogP contribution in [0, 0.1) is 5.41 Å². The molecular formula is C13H25NO2. The van der Waals surface area contributed by atoms with E-state index in [9.17, 15) is 0 Å². The quantitative estimate of drug-likeness (QED) is 0.782. The van der Waals surface area contributed by atoms with E-state index >= 15 is 0 Å². The molecule has 0 radical (unpaired) electrons. The Morgan fingerprint density at radius 1 is 1.25 bits per heavy atom. The zero-order chi connectivity index (χ0) is 11.6. The van der Waals surface area contributed by atoms with Crippen LogP contribution in [0.5, 0.6) is 0 Å². The molecule has 1 aliphatic carbocycles. The van der Waals surface area contributed by atoms with Gasteiger partial charge in [-0.1, -0.05) is 0 Å². The normalized spacial score (nSPS) is 37.3. The van der Waals surface area contributed by atoms with Crippen LogP contribution in [-0.2, 0) is 9.47 Å². The highest BCUT2D eigenvalue weighted by Crippen LogP contribution is 2.49. The molecule has 0 aromatic rings. The van der Waals surface area contributed by atoms with Crippen LogP contribution in [0.25, 0.3) is 0 Å². The van der Waals surface area contributed by atoms with Crippen LogP contribution in [0.3, 0.4) is 0 Å². The third-order valence-corrected chi connectivity index (χ3v) is 3.91. The SMILES string of the molecule is CC1CC(OCC2(CCN)CC2)CC(C)O1. The summed E-state index contributed by atoms with van der Waals surface area (Å²) in [6, 6.07) is 0. The molecule has 1 heterocycles. The van der Waals surface area contributed by atoms with Gasteiger partial charge in [0.1, 0.15) is 0 Å². The molecule has 0 aromatic carbocycles. The van der Waals surface area contributed by atoms with Gasteiger partial charge in [-0.3, -0.25) is 0 Å². The molecule has 3 nitrogen and oxygen atoms in total. The second-order valence-electron chi connectivity index (χ2n) is 5.70. The zero-order valence-electron chi connectivity index (χ0n) is 10.6. The summed E-state index contributed by atoms with van der Waals surface area (Å²) >= 11 is 0. The minimum Gasteiger partial charge on any atom is -0.377 e. The average molecular weight is 227 g/mol. The van der Waals surface area contributed by atoms with Gasteiger partial charge in [-0.15, -0.1) is 0 Å². The fraction of sp³-hybridized carbons (Fsp3) is 1.00. The number of hydrogen-bond acceptors (Lipinski definition) is 3. The molecular weight excluding hydrogens is 202 g/mol. The van der Waals surface area contributed by atoms with Crippen LogP contribution in [0.4, 0.5) is 0 Å². The molecule has 16 heavy (non-hydrogen) atoms. The predicted molar refractivity (Wildman–Crippen MR) is 64.3 cm³/mol. The van der Waals surface area contributed by atoms with Gasteiger partial charge in [-0.2, -0.15) is 0 Å². The Labute approximate surface area is 98.7 Å². The number of rotatable bonds is 5. The van der Waals surface area contributed by atoms with Crippen molar-refractivity contribution in [3.8, 4) is 0 Å². The Bertz CT molecular complexity index is 218. The topological polar surface area (TPSA) is 44.5 Å². The summed E-state index contributed by atoms with van der Waals surface area (Å²) in [5.41, 5.74) is 6.08. The summed E-state index contributed by atoms with van der Waals surface area (Å²) in [6.45, 7) is 5.98. The lowest BCUT2D eigenvalue weighted by Crippen LogP contribution is -2.35. The molecule has 0 spiro atoms. The second-order valence-corrected chi connectivity index (χ2v) is 5.70. The molecule has 2 N–H and O–H groups in total. The van der Waals surface area contributed by atoms with Crippen molar-refractivity contribution in [1.29, 1.82) is 0 Å². The van der Waals surface area contributed by atoms with Crippen molar-refractivity contribution in [3.63, 3.8) is 0 Å². The van der Waals surface area contributed by atoms with Crippen molar-refractivity contribution >= 4 is 0 Å². The van der Waals surface area contributed by atoms with Crippen molar-refractivity contribution < 1.29 is 9.47 Å². The second kappa shape index (κ2) is 5.03. The summed E-state index contributed by atoms with van der Waals surface area (Å²) in [7, 11) is 0. The molecule has 3 heteroatoms. The van der Waals surface area contributed by atoms with Crippen LogP contribution in [0.2, 0.25) is 0 Å². The van der Waals surface area contributed by atoms with Gasteiger partial charge >= 0.3 is 0 Å². The molecule has 2 rings (SSSR count). The molecule has 1 saturated carbocycles. The molecule has 2 unspecified atom stereocenters. The maximum atomic E-state index is 6.07. The monoisotopic (exact) mass is 227 g/mol. The lowest BCUT2D eigenvalue weighted by Gasteiger charge is -2.33. The molecule has 2 atom stereocenters. The smallest absolute Gasteiger partial charge is 0.0624 e. The van der Waals surface area contributed by atoms with Crippen LogP contribution in [-0.4, -0.2) is 31.5 Å². The van der Waals surface area contributed by atoms with Gasteiger partial charge in [0.05, 0.1) is 24.9 Å². The van der Waals surface area contributed by atoms with Crippen molar-refractivity contribution in [2.24, 2.45) is 11.1 Å². The van der Waals surface area contributed by atoms with E-state index in [2.05, 4.69) is 13.8 Å². The van der Waals surface area contributed by atoms with Crippen molar-refractivity contribution in [2.45, 2.75) is 64.3 Å². The van der Waals surface area contributed by atoms with E-state index in [-0.39, 0.29) is 0 Å². The highest BCUT2D eigenvalue weighted by atomic mass is 16.5. The van der Waals surface area contributed by atoms with Crippen LogP contribution >= 0.6 is 0 Å². The Hall–Kier alpha value is -0.120. The zero-order valence-corrected chi connectivity index (χ0v) is 10.6. The van der Waals surface area contributed by atoms with Gasteiger partial charge < -0.3 is 15.2 Å². The summed E-state index contributed by atoms with van der Waals surface area (Å²) in [5.74, 6) is 0. The highest BCUT2D eigenvalue weighted by Gasteiger charge is 2.42. The standard InChI is InChI=1S/C13H25NO2/c1-10-7-12(8-11(2)16-10)15-9-13(3-4-13)5-6-14/h10-12H,3-9,14H2,1-2H3. The van der Waals surface area contributed by atoms with Crippen LogP contribution in [0.15, 0.2) is 0 Å². The Morgan fingerprint density at radius 3 is 2.38 bits per heavy atom. The Balaban J connectivity index is 1.73. The van der Waals surface area contributed by atoms with Gasteiger partial charge in [0.2, 0.25) is 0 Å². The van der Waals surface area contributed by atoms with Gasteiger partial charge in [0.25, 0.3) is 0 Å². The molecule has 2 fully saturated rings. The minimum atomic E-state index is 0.346. The third-order valence-electron chi connectivity index (χ3n) is 3.91. The lowest BCUT2D eigenvalue weighted by atomic mass is 10.0. The molecule has 94 valence electrons. The molecule has 0 amide bonds. The van der Waals surface area contributed by atoms with Gasteiger partial charge in [0, 0.05) is 0 Å². The summed E-state index contributed by atoms with van der Waals surface area (Å²) in [4.78, 5) is 0. The van der Waals surface area contributed by atoms with E-state index in [1.54, 1.807) is 0 Å². The maximum absolute atomic E-state index is 6.07. The molecule has 1 saturated heterocycles.